The highest BCUT2D eigenvalue weighted by Gasteiger charge is 2.22. The Morgan fingerprint density at radius 3 is 2.45 bits per heavy atom. The van der Waals surface area contributed by atoms with Crippen LogP contribution < -0.4 is 4.72 Å². The number of benzene rings is 1. The van der Waals surface area contributed by atoms with Crippen LogP contribution in [0.1, 0.15) is 51.6 Å². The van der Waals surface area contributed by atoms with E-state index in [1.807, 2.05) is 11.9 Å². The summed E-state index contributed by atoms with van der Waals surface area (Å²) in [6.45, 7) is 8.61. The minimum atomic E-state index is 0.239. The zero-order valence-electron chi connectivity index (χ0n) is 12.9. The lowest BCUT2D eigenvalue weighted by Crippen LogP contribution is -2.26. The molecule has 1 aromatic rings. The van der Waals surface area contributed by atoms with E-state index in [1.54, 1.807) is 0 Å². The van der Waals surface area contributed by atoms with Crippen LogP contribution in [0.2, 0.25) is 0 Å². The van der Waals surface area contributed by atoms with E-state index in [0.717, 1.165) is 19.1 Å². The Hall–Kier alpha value is -0.510. The maximum absolute atomic E-state index is 5.48. The molecule has 2 nitrogen and oxygen atoms in total. The third-order valence-corrected chi connectivity index (χ3v) is 4.63. The summed E-state index contributed by atoms with van der Waals surface area (Å²) in [6, 6.07) is 11.3. The molecule has 1 N–H and O–H groups in total. The highest BCUT2D eigenvalue weighted by Crippen LogP contribution is 2.31. The van der Waals surface area contributed by atoms with E-state index < -0.39 is 0 Å². The number of ether oxygens (including phenoxy) is 1. The van der Waals surface area contributed by atoms with Crippen LogP contribution in [0.5, 0.6) is 0 Å². The second kappa shape index (κ2) is 7.48. The second-order valence-corrected chi connectivity index (χ2v) is 8.25. The van der Waals surface area contributed by atoms with Gasteiger partial charge in [-0.3, -0.25) is 4.72 Å². The maximum atomic E-state index is 5.48. The van der Waals surface area contributed by atoms with Crippen molar-refractivity contribution in [3.63, 3.8) is 0 Å². The Bertz CT molecular complexity index is 382. The molecule has 0 amide bonds. The van der Waals surface area contributed by atoms with Gasteiger partial charge >= 0.3 is 0 Å². The lowest BCUT2D eigenvalue weighted by Gasteiger charge is -2.29. The highest BCUT2D eigenvalue weighted by molar-refractivity contribution is 7.98. The lowest BCUT2D eigenvalue weighted by atomic mass is 9.90. The maximum Gasteiger partial charge on any atom is 0.0468 e. The molecule has 1 saturated heterocycles. The van der Waals surface area contributed by atoms with Crippen molar-refractivity contribution in [1.29, 1.82) is 0 Å². The summed E-state index contributed by atoms with van der Waals surface area (Å²) in [4.78, 5) is 0. The van der Waals surface area contributed by atoms with Crippen LogP contribution in [-0.4, -0.2) is 18.0 Å². The van der Waals surface area contributed by atoms with Gasteiger partial charge in [0.05, 0.1) is 0 Å². The Morgan fingerprint density at radius 2 is 1.85 bits per heavy atom. The molecule has 1 aromatic carbocycles. The first-order chi connectivity index (χ1) is 9.54. The van der Waals surface area contributed by atoms with Crippen LogP contribution in [-0.2, 0) is 4.74 Å². The van der Waals surface area contributed by atoms with E-state index >= 15 is 0 Å². The number of hydrogen-bond acceptors (Lipinski definition) is 3. The molecular formula is C17H27NOS. The minimum Gasteiger partial charge on any atom is -0.381 e. The highest BCUT2D eigenvalue weighted by atomic mass is 32.2. The summed E-state index contributed by atoms with van der Waals surface area (Å²) in [7, 11) is 0. The van der Waals surface area contributed by atoms with E-state index in [2.05, 4.69) is 55.8 Å². The minimum absolute atomic E-state index is 0.239. The van der Waals surface area contributed by atoms with Gasteiger partial charge in [0, 0.05) is 24.0 Å². The van der Waals surface area contributed by atoms with E-state index in [4.69, 9.17) is 4.74 Å². The van der Waals surface area contributed by atoms with E-state index in [0.29, 0.717) is 6.04 Å². The summed E-state index contributed by atoms with van der Waals surface area (Å²) < 4.78 is 9.41. The summed E-state index contributed by atoms with van der Waals surface area (Å²) in [5, 5.41) is 0. The average Bonchev–Trinajstić information content (AvgIpc) is 2.44. The molecule has 20 heavy (non-hydrogen) atoms. The van der Waals surface area contributed by atoms with E-state index in [-0.39, 0.29) is 4.75 Å². The Morgan fingerprint density at radius 1 is 1.20 bits per heavy atom. The van der Waals surface area contributed by atoms with Gasteiger partial charge in [-0.15, -0.1) is 0 Å². The van der Waals surface area contributed by atoms with Crippen molar-refractivity contribution in [3.8, 4) is 0 Å². The van der Waals surface area contributed by atoms with Crippen LogP contribution >= 0.6 is 11.9 Å². The van der Waals surface area contributed by atoms with Gasteiger partial charge in [-0.1, -0.05) is 42.3 Å². The molecule has 0 bridgehead atoms. The zero-order valence-corrected chi connectivity index (χ0v) is 13.7. The summed E-state index contributed by atoms with van der Waals surface area (Å²) >= 11 is 1.84. The first-order valence-electron chi connectivity index (χ1n) is 7.61. The number of hydrogen-bond donors (Lipinski definition) is 1. The first kappa shape index (κ1) is 15.9. The average molecular weight is 293 g/mol. The van der Waals surface area contributed by atoms with Gasteiger partial charge in [-0.25, -0.2) is 0 Å². The van der Waals surface area contributed by atoms with Gasteiger partial charge in [0.15, 0.2) is 0 Å². The second-order valence-electron chi connectivity index (χ2n) is 6.59. The van der Waals surface area contributed by atoms with Crippen molar-refractivity contribution in [2.75, 3.05) is 13.2 Å². The van der Waals surface area contributed by atoms with Crippen LogP contribution in [0.3, 0.4) is 0 Å². The molecule has 2 rings (SSSR count). The molecule has 1 fully saturated rings. The number of nitrogens with one attached hydrogen (secondary N) is 1. The Kier molecular flexibility index (Phi) is 5.94. The van der Waals surface area contributed by atoms with Gasteiger partial charge < -0.3 is 4.74 Å². The zero-order chi connectivity index (χ0) is 14.4. The molecule has 0 aromatic heterocycles. The van der Waals surface area contributed by atoms with Crippen LogP contribution in [0.4, 0.5) is 0 Å². The third kappa shape index (κ3) is 5.47. The molecule has 1 unspecified atom stereocenters. The molecule has 1 aliphatic rings. The monoisotopic (exact) mass is 293 g/mol. The molecule has 0 spiro atoms. The topological polar surface area (TPSA) is 21.3 Å². The Balaban J connectivity index is 1.99. The van der Waals surface area contributed by atoms with Crippen molar-refractivity contribution >= 4 is 11.9 Å². The predicted octanol–water partition coefficient (Wildman–Crippen LogP) is 4.58. The van der Waals surface area contributed by atoms with E-state index in [9.17, 15) is 0 Å². The van der Waals surface area contributed by atoms with E-state index in [1.165, 1.54) is 24.8 Å². The third-order valence-electron chi connectivity index (χ3n) is 3.62. The fourth-order valence-electron chi connectivity index (χ4n) is 2.50. The van der Waals surface area contributed by atoms with Crippen LogP contribution in [0.25, 0.3) is 0 Å². The largest absolute Gasteiger partial charge is 0.381 e. The van der Waals surface area contributed by atoms with Gasteiger partial charge in [0.2, 0.25) is 0 Å². The van der Waals surface area contributed by atoms with Crippen molar-refractivity contribution in [1.82, 2.24) is 4.72 Å². The molecule has 1 aliphatic heterocycles. The van der Waals surface area contributed by atoms with Gasteiger partial charge in [-0.05, 0) is 51.5 Å². The normalized spacial score (nSPS) is 18.9. The van der Waals surface area contributed by atoms with Gasteiger partial charge in [0.1, 0.15) is 0 Å². The van der Waals surface area contributed by atoms with Crippen molar-refractivity contribution in [2.24, 2.45) is 5.92 Å². The molecular weight excluding hydrogens is 266 g/mol. The lowest BCUT2D eigenvalue weighted by molar-refractivity contribution is 0.0614. The summed E-state index contributed by atoms with van der Waals surface area (Å²) in [6.07, 6.45) is 3.60. The first-order valence-corrected chi connectivity index (χ1v) is 8.42. The molecule has 0 saturated carbocycles. The fraction of sp³-hybridized carbons (Fsp3) is 0.647. The standard InChI is InChI=1S/C17H27NOS/c1-17(2,3)20-18-16(15-7-5-4-6-8-15)13-14-9-11-19-12-10-14/h4-8,14,16,18H,9-13H2,1-3H3. The number of rotatable bonds is 5. The van der Waals surface area contributed by atoms with Crippen LogP contribution in [0, 0.1) is 5.92 Å². The summed E-state index contributed by atoms with van der Waals surface area (Å²) in [5.41, 5.74) is 1.40. The SMILES string of the molecule is CC(C)(C)SNC(CC1CCOCC1)c1ccccc1. The molecule has 1 heterocycles. The smallest absolute Gasteiger partial charge is 0.0468 e. The van der Waals surface area contributed by atoms with Crippen LogP contribution in [0.15, 0.2) is 30.3 Å². The predicted molar refractivity (Wildman–Crippen MR) is 87.8 cm³/mol. The quantitative estimate of drug-likeness (QED) is 0.803. The van der Waals surface area contributed by atoms with Gasteiger partial charge in [-0.2, -0.15) is 0 Å². The fourth-order valence-corrected chi connectivity index (χ4v) is 3.23. The Labute approximate surface area is 127 Å². The summed E-state index contributed by atoms with van der Waals surface area (Å²) in [5.74, 6) is 0.780. The molecule has 0 radical (unpaired) electrons. The molecule has 3 heteroatoms. The molecule has 0 aliphatic carbocycles. The van der Waals surface area contributed by atoms with Crippen molar-refractivity contribution in [3.05, 3.63) is 35.9 Å². The van der Waals surface area contributed by atoms with Gasteiger partial charge in [0.25, 0.3) is 0 Å². The molecule has 1 atom stereocenters. The van der Waals surface area contributed by atoms with Crippen molar-refractivity contribution < 1.29 is 4.74 Å². The van der Waals surface area contributed by atoms with Crippen molar-refractivity contribution in [2.45, 2.75) is 50.8 Å². The molecule has 112 valence electrons.